The first-order valence-corrected chi connectivity index (χ1v) is 9.04. The first kappa shape index (κ1) is 19.8. The molecule has 0 aliphatic rings. The number of hydrogen-bond donors (Lipinski definition) is 2. The summed E-state index contributed by atoms with van der Waals surface area (Å²) in [6.45, 7) is 1.98. The molecule has 0 bridgehead atoms. The molecular weight excluding hydrogens is 324 g/mol. The molecule has 5 heteroatoms. The largest absolute Gasteiger partial charge is 0.373 e. The predicted molar refractivity (Wildman–Crippen MR) is 109 cm³/mol. The second-order valence-corrected chi connectivity index (χ2v) is 6.70. The van der Waals surface area contributed by atoms with Gasteiger partial charge in [0.25, 0.3) is 0 Å². The van der Waals surface area contributed by atoms with E-state index in [1.807, 2.05) is 57.5 Å². The minimum Gasteiger partial charge on any atom is -0.373 e. The van der Waals surface area contributed by atoms with Gasteiger partial charge in [-0.25, -0.2) is 4.79 Å². The maximum absolute atomic E-state index is 12.1. The lowest BCUT2D eigenvalue weighted by Gasteiger charge is -2.25. The van der Waals surface area contributed by atoms with Gasteiger partial charge in [-0.15, -0.1) is 0 Å². The fourth-order valence-corrected chi connectivity index (χ4v) is 2.75. The molecule has 26 heavy (non-hydrogen) atoms. The van der Waals surface area contributed by atoms with Crippen molar-refractivity contribution in [2.45, 2.75) is 12.5 Å². The van der Waals surface area contributed by atoms with Crippen molar-refractivity contribution in [3.8, 4) is 0 Å². The Morgan fingerprint density at radius 3 is 2.15 bits per heavy atom. The van der Waals surface area contributed by atoms with Gasteiger partial charge >= 0.3 is 6.03 Å². The van der Waals surface area contributed by atoms with Gasteiger partial charge in [0.05, 0.1) is 0 Å². The van der Waals surface area contributed by atoms with E-state index >= 15 is 0 Å². The highest BCUT2D eigenvalue weighted by Gasteiger charge is 2.13. The molecule has 0 aliphatic carbocycles. The molecule has 0 saturated heterocycles. The molecule has 140 valence electrons. The number of para-hydroxylation sites is 1. The quantitative estimate of drug-likeness (QED) is 0.728. The molecule has 5 nitrogen and oxygen atoms in total. The van der Waals surface area contributed by atoms with Crippen molar-refractivity contribution < 1.29 is 4.79 Å². The van der Waals surface area contributed by atoms with E-state index in [0.29, 0.717) is 13.1 Å². The molecule has 1 unspecified atom stereocenters. The van der Waals surface area contributed by atoms with Gasteiger partial charge in [0.2, 0.25) is 0 Å². The second-order valence-electron chi connectivity index (χ2n) is 6.70. The van der Waals surface area contributed by atoms with Gasteiger partial charge in [-0.3, -0.25) is 0 Å². The van der Waals surface area contributed by atoms with Crippen LogP contribution in [0.4, 0.5) is 10.5 Å². The molecule has 0 fully saturated rings. The number of carbonyl (C=O) groups is 1. The maximum Gasteiger partial charge on any atom is 0.314 e. The van der Waals surface area contributed by atoms with E-state index in [1.165, 1.54) is 5.56 Å². The Kier molecular flexibility index (Phi) is 7.96. The number of anilines is 1. The van der Waals surface area contributed by atoms with Crippen molar-refractivity contribution in [2.75, 3.05) is 45.7 Å². The second kappa shape index (κ2) is 10.5. The topological polar surface area (TPSA) is 47.6 Å². The van der Waals surface area contributed by atoms with Crippen LogP contribution in [0.15, 0.2) is 60.7 Å². The molecule has 1 atom stereocenters. The highest BCUT2D eigenvalue weighted by molar-refractivity contribution is 5.73. The minimum atomic E-state index is -0.119. The van der Waals surface area contributed by atoms with E-state index in [9.17, 15) is 4.79 Å². The average Bonchev–Trinajstić information content (AvgIpc) is 2.66. The van der Waals surface area contributed by atoms with Gasteiger partial charge in [0, 0.05) is 38.4 Å². The van der Waals surface area contributed by atoms with Crippen LogP contribution in [0.3, 0.4) is 0 Å². The van der Waals surface area contributed by atoms with Gasteiger partial charge in [-0.1, -0.05) is 48.5 Å². The van der Waals surface area contributed by atoms with E-state index < -0.39 is 0 Å². The van der Waals surface area contributed by atoms with Gasteiger partial charge in [0.1, 0.15) is 0 Å². The molecule has 2 aromatic rings. The van der Waals surface area contributed by atoms with Crippen molar-refractivity contribution in [3.63, 3.8) is 0 Å². The zero-order chi connectivity index (χ0) is 18.8. The van der Waals surface area contributed by atoms with Gasteiger partial charge < -0.3 is 20.4 Å². The van der Waals surface area contributed by atoms with Crippen molar-refractivity contribution >= 4 is 11.7 Å². The SMILES string of the molecule is CN(CCNC(=O)NCC(Cc1ccccc1)N(C)C)c1ccccc1. The summed E-state index contributed by atoms with van der Waals surface area (Å²) in [6.07, 6.45) is 0.908. The van der Waals surface area contributed by atoms with Crippen LogP contribution >= 0.6 is 0 Å². The summed E-state index contributed by atoms with van der Waals surface area (Å²) in [5, 5.41) is 5.92. The molecule has 2 rings (SSSR count). The molecule has 2 N–H and O–H groups in total. The Morgan fingerprint density at radius 1 is 0.923 bits per heavy atom. The van der Waals surface area contributed by atoms with Crippen LogP contribution in [-0.2, 0) is 6.42 Å². The standard InChI is InChI=1S/C21H30N4O/c1-24(2)20(16-18-10-6-4-7-11-18)17-23-21(26)22-14-15-25(3)19-12-8-5-9-13-19/h4-13,20H,14-17H2,1-3H3,(H2,22,23,26). The molecule has 2 amide bonds. The molecule has 2 aromatic carbocycles. The lowest BCUT2D eigenvalue weighted by atomic mass is 10.1. The number of urea groups is 1. The number of carbonyl (C=O) groups excluding carboxylic acids is 1. The zero-order valence-corrected chi connectivity index (χ0v) is 16.0. The Bertz CT molecular complexity index is 646. The lowest BCUT2D eigenvalue weighted by molar-refractivity contribution is 0.232. The third-order valence-electron chi connectivity index (χ3n) is 4.47. The highest BCUT2D eigenvalue weighted by Crippen LogP contribution is 2.09. The number of nitrogens with zero attached hydrogens (tertiary/aromatic N) is 2. The number of likely N-dealkylation sites (N-methyl/N-ethyl adjacent to an activating group) is 2. The first-order chi connectivity index (χ1) is 12.6. The number of rotatable bonds is 9. The number of nitrogens with one attached hydrogen (secondary N) is 2. The smallest absolute Gasteiger partial charge is 0.314 e. The average molecular weight is 354 g/mol. The minimum absolute atomic E-state index is 0.119. The molecule has 0 aromatic heterocycles. The van der Waals surface area contributed by atoms with Gasteiger partial charge in [0.15, 0.2) is 0 Å². The summed E-state index contributed by atoms with van der Waals surface area (Å²) < 4.78 is 0. The summed E-state index contributed by atoms with van der Waals surface area (Å²) in [4.78, 5) is 16.4. The van der Waals surface area contributed by atoms with Crippen molar-refractivity contribution in [1.29, 1.82) is 0 Å². The van der Waals surface area contributed by atoms with Gasteiger partial charge in [-0.05, 0) is 38.2 Å². The highest BCUT2D eigenvalue weighted by atomic mass is 16.2. The van der Waals surface area contributed by atoms with Crippen LogP contribution in [0.2, 0.25) is 0 Å². The van der Waals surface area contributed by atoms with E-state index in [1.54, 1.807) is 0 Å². The number of amides is 2. The summed E-state index contributed by atoms with van der Waals surface area (Å²) in [5.74, 6) is 0. The van der Waals surface area contributed by atoms with Crippen molar-refractivity contribution in [1.82, 2.24) is 15.5 Å². The fourth-order valence-electron chi connectivity index (χ4n) is 2.75. The normalized spacial score (nSPS) is 11.8. The van der Waals surface area contributed by atoms with Crippen molar-refractivity contribution in [3.05, 3.63) is 66.2 Å². The van der Waals surface area contributed by atoms with Crippen LogP contribution in [-0.4, -0.2) is 57.8 Å². The molecule has 0 saturated carbocycles. The van der Waals surface area contributed by atoms with Crippen molar-refractivity contribution in [2.24, 2.45) is 0 Å². The Morgan fingerprint density at radius 2 is 1.54 bits per heavy atom. The summed E-state index contributed by atoms with van der Waals surface area (Å²) in [7, 11) is 6.11. The number of hydrogen-bond acceptors (Lipinski definition) is 3. The molecule has 0 radical (unpaired) electrons. The van der Waals surface area contributed by atoms with Crippen LogP contribution < -0.4 is 15.5 Å². The Labute approximate surface area is 157 Å². The summed E-state index contributed by atoms with van der Waals surface area (Å²) in [5.41, 5.74) is 2.42. The van der Waals surface area contributed by atoms with E-state index in [2.05, 4.69) is 44.7 Å². The summed E-state index contributed by atoms with van der Waals surface area (Å²) in [6, 6.07) is 20.6. The molecule has 0 aliphatic heterocycles. The first-order valence-electron chi connectivity index (χ1n) is 9.04. The Balaban J connectivity index is 1.71. The monoisotopic (exact) mass is 354 g/mol. The zero-order valence-electron chi connectivity index (χ0n) is 16.0. The van der Waals surface area contributed by atoms with Crippen LogP contribution in [0.1, 0.15) is 5.56 Å². The third kappa shape index (κ3) is 6.76. The maximum atomic E-state index is 12.1. The van der Waals surface area contributed by atoms with Gasteiger partial charge in [-0.2, -0.15) is 0 Å². The molecular formula is C21H30N4O. The molecule has 0 spiro atoms. The Hall–Kier alpha value is -2.53. The van der Waals surface area contributed by atoms with Crippen LogP contribution in [0.5, 0.6) is 0 Å². The number of benzene rings is 2. The summed E-state index contributed by atoms with van der Waals surface area (Å²) >= 11 is 0. The lowest BCUT2D eigenvalue weighted by Crippen LogP contribution is -2.46. The predicted octanol–water partition coefficient (Wildman–Crippen LogP) is 2.59. The van der Waals surface area contributed by atoms with Crippen LogP contribution in [0, 0.1) is 0 Å². The fraction of sp³-hybridized carbons (Fsp3) is 0.381. The molecule has 0 heterocycles. The van der Waals surface area contributed by atoms with E-state index in [-0.39, 0.29) is 12.1 Å². The van der Waals surface area contributed by atoms with Crippen LogP contribution in [0.25, 0.3) is 0 Å². The van der Waals surface area contributed by atoms with E-state index in [4.69, 9.17) is 0 Å². The third-order valence-corrected chi connectivity index (χ3v) is 4.47. The van der Waals surface area contributed by atoms with E-state index in [0.717, 1.165) is 18.7 Å².